The van der Waals surface area contributed by atoms with E-state index in [4.69, 9.17) is 13.8 Å². The van der Waals surface area contributed by atoms with E-state index in [1.165, 1.54) is 0 Å². The standard InChI is InChI=1S/C26H20N2O2/c1-26(2,3)21-13-14-27-25(28-21)19-9-6-8-16-18-12-11-17-15-7-4-5-10-20(15)29-23(17)24(18)30-22(16)19/h4-14H,1-3H3. The fourth-order valence-corrected chi connectivity index (χ4v) is 4.12. The van der Waals surface area contributed by atoms with Crippen molar-refractivity contribution in [3.8, 4) is 11.4 Å². The van der Waals surface area contributed by atoms with Crippen LogP contribution >= 0.6 is 0 Å². The minimum atomic E-state index is -0.0557. The molecule has 6 aromatic rings. The predicted molar refractivity (Wildman–Crippen MR) is 121 cm³/mol. The predicted octanol–water partition coefficient (Wildman–Crippen LogP) is 7.24. The van der Waals surface area contributed by atoms with Crippen LogP contribution in [0.1, 0.15) is 26.5 Å². The Kier molecular flexibility index (Phi) is 3.40. The Morgan fingerprint density at radius 2 is 1.37 bits per heavy atom. The van der Waals surface area contributed by atoms with Gasteiger partial charge in [-0.05, 0) is 30.3 Å². The Balaban J connectivity index is 1.67. The fraction of sp³-hybridized carbons (Fsp3) is 0.154. The third-order valence-corrected chi connectivity index (χ3v) is 5.68. The second kappa shape index (κ2) is 5.92. The second-order valence-electron chi connectivity index (χ2n) is 8.72. The number of furan rings is 2. The van der Waals surface area contributed by atoms with Crippen molar-refractivity contribution in [1.29, 1.82) is 0 Å². The van der Waals surface area contributed by atoms with Crippen LogP contribution in [0.2, 0.25) is 0 Å². The van der Waals surface area contributed by atoms with E-state index in [1.54, 1.807) is 0 Å². The SMILES string of the molecule is CC(C)(C)c1ccnc(-c2cccc3c2oc2c3ccc3c4ccccc4oc32)n1. The van der Waals surface area contributed by atoms with E-state index < -0.39 is 0 Å². The Bertz CT molecular complexity index is 1580. The summed E-state index contributed by atoms with van der Waals surface area (Å²) in [5.41, 5.74) is 5.02. The van der Waals surface area contributed by atoms with Crippen LogP contribution in [0.4, 0.5) is 0 Å². The highest BCUT2D eigenvalue weighted by Gasteiger charge is 2.20. The summed E-state index contributed by atoms with van der Waals surface area (Å²) in [5.74, 6) is 0.674. The highest BCUT2D eigenvalue weighted by Crippen LogP contribution is 2.40. The van der Waals surface area contributed by atoms with E-state index in [0.717, 1.165) is 55.1 Å². The van der Waals surface area contributed by atoms with Crippen molar-refractivity contribution in [2.45, 2.75) is 26.2 Å². The maximum Gasteiger partial charge on any atom is 0.178 e. The lowest BCUT2D eigenvalue weighted by atomic mass is 9.92. The van der Waals surface area contributed by atoms with Crippen molar-refractivity contribution in [1.82, 2.24) is 9.97 Å². The minimum Gasteiger partial charge on any atom is -0.452 e. The molecule has 0 radical (unpaired) electrons. The molecule has 3 aromatic carbocycles. The number of para-hydroxylation sites is 2. The van der Waals surface area contributed by atoms with Gasteiger partial charge in [0.1, 0.15) is 11.2 Å². The summed E-state index contributed by atoms with van der Waals surface area (Å²) in [5, 5.41) is 4.22. The van der Waals surface area contributed by atoms with Crippen LogP contribution < -0.4 is 0 Å². The van der Waals surface area contributed by atoms with Gasteiger partial charge in [0, 0.05) is 38.9 Å². The monoisotopic (exact) mass is 392 g/mol. The summed E-state index contributed by atoms with van der Waals surface area (Å²) in [6, 6.07) is 20.4. The van der Waals surface area contributed by atoms with Crippen LogP contribution in [0.25, 0.3) is 55.3 Å². The number of benzene rings is 3. The molecule has 0 aliphatic heterocycles. The third kappa shape index (κ3) is 2.40. The molecule has 0 aliphatic rings. The number of fused-ring (bicyclic) bond motifs is 7. The van der Waals surface area contributed by atoms with Crippen molar-refractivity contribution in [2.24, 2.45) is 0 Å². The van der Waals surface area contributed by atoms with Gasteiger partial charge in [-0.1, -0.05) is 51.1 Å². The van der Waals surface area contributed by atoms with E-state index in [-0.39, 0.29) is 5.41 Å². The zero-order valence-electron chi connectivity index (χ0n) is 17.1. The van der Waals surface area contributed by atoms with Gasteiger partial charge >= 0.3 is 0 Å². The van der Waals surface area contributed by atoms with Gasteiger partial charge in [0.2, 0.25) is 0 Å². The van der Waals surface area contributed by atoms with Gasteiger partial charge in [-0.25, -0.2) is 9.97 Å². The lowest BCUT2D eigenvalue weighted by molar-refractivity contribution is 0.567. The zero-order valence-corrected chi connectivity index (χ0v) is 17.1. The molecule has 3 heterocycles. The van der Waals surface area contributed by atoms with Crippen LogP contribution in [0.15, 0.2) is 75.7 Å². The van der Waals surface area contributed by atoms with Crippen LogP contribution in [0, 0.1) is 0 Å². The Morgan fingerprint density at radius 3 is 2.20 bits per heavy atom. The quantitative estimate of drug-likeness (QED) is 0.296. The highest BCUT2D eigenvalue weighted by atomic mass is 16.4. The summed E-state index contributed by atoms with van der Waals surface area (Å²) >= 11 is 0. The molecule has 4 heteroatoms. The fourth-order valence-electron chi connectivity index (χ4n) is 4.12. The molecule has 0 unspecified atom stereocenters. The Morgan fingerprint density at radius 1 is 0.667 bits per heavy atom. The molecule has 0 aliphatic carbocycles. The summed E-state index contributed by atoms with van der Waals surface area (Å²) in [6.45, 7) is 6.46. The van der Waals surface area contributed by atoms with E-state index >= 15 is 0 Å². The molecule has 6 rings (SSSR count). The van der Waals surface area contributed by atoms with Crippen LogP contribution in [-0.4, -0.2) is 9.97 Å². The third-order valence-electron chi connectivity index (χ3n) is 5.68. The van der Waals surface area contributed by atoms with Crippen LogP contribution in [0.5, 0.6) is 0 Å². The number of hydrogen-bond acceptors (Lipinski definition) is 4. The summed E-state index contributed by atoms with van der Waals surface area (Å²) < 4.78 is 12.6. The van der Waals surface area contributed by atoms with Gasteiger partial charge in [0.25, 0.3) is 0 Å². The molecule has 0 spiro atoms. The van der Waals surface area contributed by atoms with Gasteiger partial charge in [-0.3, -0.25) is 0 Å². The maximum atomic E-state index is 6.43. The van der Waals surface area contributed by atoms with Crippen molar-refractivity contribution in [3.05, 3.63) is 72.6 Å². The van der Waals surface area contributed by atoms with Crippen LogP contribution in [-0.2, 0) is 5.41 Å². The molecular weight excluding hydrogens is 372 g/mol. The molecule has 0 amide bonds. The maximum absolute atomic E-state index is 6.43. The molecule has 4 nitrogen and oxygen atoms in total. The van der Waals surface area contributed by atoms with Gasteiger partial charge in [-0.2, -0.15) is 0 Å². The lowest BCUT2D eigenvalue weighted by Crippen LogP contribution is -2.14. The molecule has 0 N–H and O–H groups in total. The summed E-state index contributed by atoms with van der Waals surface area (Å²) in [6.07, 6.45) is 1.82. The molecule has 0 fully saturated rings. The van der Waals surface area contributed by atoms with Crippen molar-refractivity contribution < 1.29 is 8.83 Å². The number of hydrogen-bond donors (Lipinski definition) is 0. The van der Waals surface area contributed by atoms with E-state index in [2.05, 4.69) is 50.0 Å². The van der Waals surface area contributed by atoms with Crippen molar-refractivity contribution in [3.63, 3.8) is 0 Å². The van der Waals surface area contributed by atoms with Crippen molar-refractivity contribution in [2.75, 3.05) is 0 Å². The molecular formula is C26H20N2O2. The number of aromatic nitrogens is 2. The van der Waals surface area contributed by atoms with E-state index in [9.17, 15) is 0 Å². The average Bonchev–Trinajstić information content (AvgIpc) is 3.31. The Hall–Kier alpha value is -3.66. The first-order valence-electron chi connectivity index (χ1n) is 10.1. The Labute approximate surface area is 173 Å². The van der Waals surface area contributed by atoms with Gasteiger partial charge in [-0.15, -0.1) is 0 Å². The first-order valence-corrected chi connectivity index (χ1v) is 10.1. The molecule has 30 heavy (non-hydrogen) atoms. The first-order chi connectivity index (χ1) is 14.5. The minimum absolute atomic E-state index is 0.0557. The highest BCUT2D eigenvalue weighted by molar-refractivity contribution is 6.20. The summed E-state index contributed by atoms with van der Waals surface area (Å²) in [4.78, 5) is 9.38. The largest absolute Gasteiger partial charge is 0.452 e. The van der Waals surface area contributed by atoms with Gasteiger partial charge < -0.3 is 8.83 Å². The van der Waals surface area contributed by atoms with E-state index in [1.807, 2.05) is 42.6 Å². The molecule has 0 atom stereocenters. The smallest absolute Gasteiger partial charge is 0.178 e. The molecule has 3 aromatic heterocycles. The van der Waals surface area contributed by atoms with E-state index in [0.29, 0.717) is 5.82 Å². The molecule has 0 saturated heterocycles. The number of nitrogens with zero attached hydrogens (tertiary/aromatic N) is 2. The van der Waals surface area contributed by atoms with Crippen LogP contribution in [0.3, 0.4) is 0 Å². The molecule has 0 saturated carbocycles. The topological polar surface area (TPSA) is 52.1 Å². The van der Waals surface area contributed by atoms with Gasteiger partial charge in [0.05, 0.1) is 5.56 Å². The van der Waals surface area contributed by atoms with Crippen molar-refractivity contribution >= 4 is 43.9 Å². The summed E-state index contributed by atoms with van der Waals surface area (Å²) in [7, 11) is 0. The molecule has 0 bridgehead atoms. The zero-order chi connectivity index (χ0) is 20.5. The number of rotatable bonds is 1. The second-order valence-corrected chi connectivity index (χ2v) is 8.72. The lowest BCUT2D eigenvalue weighted by Gasteiger charge is -2.17. The normalized spacial score (nSPS) is 12.5. The molecule has 146 valence electrons. The van der Waals surface area contributed by atoms with Gasteiger partial charge in [0.15, 0.2) is 17.0 Å². The average molecular weight is 392 g/mol. The first kappa shape index (κ1) is 17.2.